The first-order chi connectivity index (χ1) is 15.4. The molecule has 160 valence electrons. The van der Waals surface area contributed by atoms with Crippen molar-refractivity contribution in [2.45, 2.75) is 0 Å². The van der Waals surface area contributed by atoms with Crippen LogP contribution in [0.2, 0.25) is 5.02 Å². The average molecular weight is 466 g/mol. The average Bonchev–Trinajstić information content (AvgIpc) is 3.22. The monoisotopic (exact) mass is 465 g/mol. The molecule has 7 nitrogen and oxygen atoms in total. The number of nitrogens with zero attached hydrogens (tertiary/aromatic N) is 2. The Hall–Kier alpha value is -3.75. The van der Waals surface area contributed by atoms with Gasteiger partial charge in [-0.25, -0.2) is 4.98 Å². The highest BCUT2D eigenvalue weighted by Crippen LogP contribution is 2.35. The number of para-hydroxylation sites is 1. The van der Waals surface area contributed by atoms with Crippen LogP contribution in [0, 0.1) is 10.1 Å². The molecule has 0 atom stereocenters. The minimum Gasteiger partial charge on any atom is -0.495 e. The number of thiazole rings is 1. The lowest BCUT2D eigenvalue weighted by atomic mass is 10.1. The number of anilines is 1. The van der Waals surface area contributed by atoms with Gasteiger partial charge in [0.1, 0.15) is 15.8 Å². The summed E-state index contributed by atoms with van der Waals surface area (Å²) in [5.41, 5.74) is 2.50. The van der Waals surface area contributed by atoms with Crippen molar-refractivity contribution in [2.24, 2.45) is 0 Å². The predicted molar refractivity (Wildman–Crippen MR) is 127 cm³/mol. The Morgan fingerprint density at radius 1 is 1.19 bits per heavy atom. The van der Waals surface area contributed by atoms with E-state index in [1.54, 1.807) is 29.5 Å². The molecule has 0 unspecified atom stereocenters. The maximum atomic E-state index is 12.5. The number of hydrogen-bond donors (Lipinski definition) is 1. The van der Waals surface area contributed by atoms with Crippen molar-refractivity contribution in [3.05, 3.63) is 87.4 Å². The van der Waals surface area contributed by atoms with E-state index >= 15 is 0 Å². The number of nitro groups is 1. The van der Waals surface area contributed by atoms with Crippen LogP contribution in [0.15, 0.2) is 66.7 Å². The summed E-state index contributed by atoms with van der Waals surface area (Å²) in [7, 11) is 1.52. The third-order valence-electron chi connectivity index (χ3n) is 4.59. The Bertz CT molecular complexity index is 1330. The summed E-state index contributed by atoms with van der Waals surface area (Å²) < 4.78 is 6.44. The van der Waals surface area contributed by atoms with Crippen LogP contribution in [0.3, 0.4) is 0 Å². The molecule has 0 radical (unpaired) electrons. The van der Waals surface area contributed by atoms with Crippen LogP contribution in [0.4, 0.5) is 11.4 Å². The number of benzene rings is 3. The Morgan fingerprint density at radius 2 is 2.00 bits per heavy atom. The van der Waals surface area contributed by atoms with Gasteiger partial charge in [-0.2, -0.15) is 0 Å². The first-order valence-corrected chi connectivity index (χ1v) is 10.6. The van der Waals surface area contributed by atoms with Gasteiger partial charge in [0.25, 0.3) is 5.69 Å². The number of methoxy groups -OCH3 is 1. The number of halogens is 1. The van der Waals surface area contributed by atoms with Gasteiger partial charge in [0, 0.05) is 17.7 Å². The van der Waals surface area contributed by atoms with E-state index in [0.717, 1.165) is 20.8 Å². The van der Waals surface area contributed by atoms with Gasteiger partial charge in [0.2, 0.25) is 5.91 Å². The van der Waals surface area contributed by atoms with E-state index in [-0.39, 0.29) is 10.7 Å². The van der Waals surface area contributed by atoms with E-state index < -0.39 is 10.8 Å². The molecule has 0 fully saturated rings. The molecule has 1 aromatic heterocycles. The molecule has 0 aliphatic rings. The molecule has 32 heavy (non-hydrogen) atoms. The molecule has 0 spiro atoms. The third kappa shape index (κ3) is 4.61. The molecule has 4 rings (SSSR count). The van der Waals surface area contributed by atoms with Crippen molar-refractivity contribution in [3.63, 3.8) is 0 Å². The number of amides is 1. The number of carbonyl (C=O) groups is 1. The molecular formula is C23H16ClN3O4S. The maximum absolute atomic E-state index is 12.5. The Morgan fingerprint density at radius 3 is 2.75 bits per heavy atom. The van der Waals surface area contributed by atoms with Crippen LogP contribution >= 0.6 is 22.9 Å². The molecule has 3 aromatic carbocycles. The summed E-state index contributed by atoms with van der Waals surface area (Å²) in [6.45, 7) is 0. The summed E-state index contributed by atoms with van der Waals surface area (Å²) in [5.74, 6) is 0.0843. The molecule has 1 N–H and O–H groups in total. The van der Waals surface area contributed by atoms with Crippen LogP contribution < -0.4 is 10.1 Å². The standard InChI is InChI=1S/C23H16ClN3O4S/c1-31-20-10-8-15(23-26-17-4-2-3-5-21(17)32-23)13-18(20)25-22(28)11-7-14-6-9-16(24)19(12-14)27(29)30/h2-13H,1H3,(H,25,28)/b11-7+. The summed E-state index contributed by atoms with van der Waals surface area (Å²) in [6, 6.07) is 17.6. The Balaban J connectivity index is 1.57. The van der Waals surface area contributed by atoms with Crippen LogP contribution in [-0.4, -0.2) is 22.9 Å². The van der Waals surface area contributed by atoms with Gasteiger partial charge in [0.05, 0.1) is 27.9 Å². The molecule has 1 amide bonds. The zero-order valence-corrected chi connectivity index (χ0v) is 18.3. The predicted octanol–water partition coefficient (Wildman–Crippen LogP) is 6.19. The van der Waals surface area contributed by atoms with Gasteiger partial charge < -0.3 is 10.1 Å². The number of rotatable bonds is 6. The Kier molecular flexibility index (Phi) is 6.16. The van der Waals surface area contributed by atoms with Gasteiger partial charge in [-0.15, -0.1) is 11.3 Å². The fraction of sp³-hybridized carbons (Fsp3) is 0.0435. The number of aromatic nitrogens is 1. The number of ether oxygens (including phenoxy) is 1. The zero-order chi connectivity index (χ0) is 22.7. The number of carbonyl (C=O) groups excluding carboxylic acids is 1. The molecule has 9 heteroatoms. The maximum Gasteiger partial charge on any atom is 0.288 e. The molecule has 0 aliphatic carbocycles. The molecule has 4 aromatic rings. The third-order valence-corrected chi connectivity index (χ3v) is 6.00. The second-order valence-corrected chi connectivity index (χ2v) is 8.13. The van der Waals surface area contributed by atoms with Gasteiger partial charge in [-0.3, -0.25) is 14.9 Å². The van der Waals surface area contributed by atoms with Crippen LogP contribution in [-0.2, 0) is 4.79 Å². The first-order valence-electron chi connectivity index (χ1n) is 9.41. The quantitative estimate of drug-likeness (QED) is 0.208. The second-order valence-electron chi connectivity index (χ2n) is 6.69. The van der Waals surface area contributed by atoms with Crippen molar-refractivity contribution in [3.8, 4) is 16.3 Å². The van der Waals surface area contributed by atoms with Crippen LogP contribution in [0.5, 0.6) is 5.75 Å². The lowest BCUT2D eigenvalue weighted by Crippen LogP contribution is -2.09. The second kappa shape index (κ2) is 9.17. The summed E-state index contributed by atoms with van der Waals surface area (Å²) in [6.07, 6.45) is 2.76. The van der Waals surface area contributed by atoms with E-state index in [0.29, 0.717) is 17.0 Å². The van der Waals surface area contributed by atoms with Crippen molar-refractivity contribution in [2.75, 3.05) is 12.4 Å². The SMILES string of the molecule is COc1ccc(-c2nc3ccccc3s2)cc1NC(=O)/C=C/c1ccc(Cl)c([N+](=O)[O-])c1. The summed E-state index contributed by atoms with van der Waals surface area (Å²) >= 11 is 7.38. The van der Waals surface area contributed by atoms with Gasteiger partial charge in [0.15, 0.2) is 0 Å². The van der Waals surface area contributed by atoms with Crippen LogP contribution in [0.25, 0.3) is 26.9 Å². The molecule has 1 heterocycles. The van der Waals surface area contributed by atoms with E-state index in [2.05, 4.69) is 10.3 Å². The number of hydrogen-bond acceptors (Lipinski definition) is 6. The molecule has 0 bridgehead atoms. The lowest BCUT2D eigenvalue weighted by Gasteiger charge is -2.10. The number of fused-ring (bicyclic) bond motifs is 1. The van der Waals surface area contributed by atoms with Crippen molar-refractivity contribution >= 4 is 56.5 Å². The molecule has 0 saturated carbocycles. The fourth-order valence-corrected chi connectivity index (χ4v) is 4.20. The topological polar surface area (TPSA) is 94.4 Å². The molecule has 0 saturated heterocycles. The zero-order valence-electron chi connectivity index (χ0n) is 16.7. The largest absolute Gasteiger partial charge is 0.495 e. The first kappa shape index (κ1) is 21.5. The smallest absolute Gasteiger partial charge is 0.288 e. The number of nitro benzene ring substituents is 1. The van der Waals surface area contributed by atoms with Gasteiger partial charge in [-0.1, -0.05) is 29.8 Å². The van der Waals surface area contributed by atoms with E-state index in [4.69, 9.17) is 16.3 Å². The Labute approximate surface area is 192 Å². The van der Waals surface area contributed by atoms with E-state index in [1.807, 2.05) is 30.3 Å². The summed E-state index contributed by atoms with van der Waals surface area (Å²) in [5, 5.41) is 14.7. The van der Waals surface area contributed by atoms with E-state index in [1.165, 1.54) is 31.4 Å². The highest BCUT2D eigenvalue weighted by molar-refractivity contribution is 7.21. The van der Waals surface area contributed by atoms with E-state index in [9.17, 15) is 14.9 Å². The minimum atomic E-state index is -0.571. The van der Waals surface area contributed by atoms with Gasteiger partial charge >= 0.3 is 0 Å². The highest BCUT2D eigenvalue weighted by atomic mass is 35.5. The minimum absolute atomic E-state index is 0.0352. The van der Waals surface area contributed by atoms with Crippen molar-refractivity contribution in [1.29, 1.82) is 0 Å². The normalized spacial score (nSPS) is 11.1. The lowest BCUT2D eigenvalue weighted by molar-refractivity contribution is -0.384. The van der Waals surface area contributed by atoms with Crippen molar-refractivity contribution in [1.82, 2.24) is 4.98 Å². The summed E-state index contributed by atoms with van der Waals surface area (Å²) in [4.78, 5) is 27.6. The van der Waals surface area contributed by atoms with Crippen molar-refractivity contribution < 1.29 is 14.5 Å². The number of nitrogens with one attached hydrogen (secondary N) is 1. The fourth-order valence-electron chi connectivity index (χ4n) is 3.05. The van der Waals surface area contributed by atoms with Gasteiger partial charge in [-0.05, 0) is 48.0 Å². The highest BCUT2D eigenvalue weighted by Gasteiger charge is 2.13. The molecule has 0 aliphatic heterocycles. The van der Waals surface area contributed by atoms with Crippen LogP contribution in [0.1, 0.15) is 5.56 Å². The molecular weight excluding hydrogens is 450 g/mol.